The summed E-state index contributed by atoms with van der Waals surface area (Å²) in [6, 6.07) is 6.68. The largest absolute Gasteiger partial charge is 0.373 e. The zero-order valence-corrected chi connectivity index (χ0v) is 13.4. The van der Waals surface area contributed by atoms with Crippen LogP contribution in [0.1, 0.15) is 41.2 Å². The molecule has 2 heterocycles. The molecule has 2 aromatic rings. The minimum Gasteiger partial charge on any atom is -0.373 e. The molecule has 0 unspecified atom stereocenters. The van der Waals surface area contributed by atoms with Crippen molar-refractivity contribution >= 4 is 0 Å². The molecule has 1 aliphatic heterocycles. The summed E-state index contributed by atoms with van der Waals surface area (Å²) in [6.45, 7) is 7.06. The molecule has 3 rings (SSSR count). The van der Waals surface area contributed by atoms with Gasteiger partial charge in [-0.05, 0) is 43.4 Å². The molecule has 0 bridgehead atoms. The molecular weight excluding hydrogens is 274 g/mol. The Morgan fingerprint density at radius 3 is 3.00 bits per heavy atom. The standard InChI is InChI=1S/C18H25N3O/c1-13-5-6-15(8-14(13)2)9-19-10-16-4-3-7-22-18(16)17-11-20-21-12-17/h5-6,8,11-12,16,18-19H,3-4,7,9-10H2,1-2H3,(H,20,21)/t16-,18+/m0/s1. The number of hydrogen-bond acceptors (Lipinski definition) is 3. The van der Waals surface area contributed by atoms with Gasteiger partial charge in [0, 0.05) is 37.4 Å². The van der Waals surface area contributed by atoms with Crippen LogP contribution in [-0.4, -0.2) is 23.3 Å². The minimum atomic E-state index is 0.166. The van der Waals surface area contributed by atoms with Crippen molar-refractivity contribution in [2.75, 3.05) is 13.2 Å². The quantitative estimate of drug-likeness (QED) is 0.891. The Morgan fingerprint density at radius 2 is 2.23 bits per heavy atom. The highest BCUT2D eigenvalue weighted by Gasteiger charge is 2.27. The molecule has 4 heteroatoms. The minimum absolute atomic E-state index is 0.166. The predicted octanol–water partition coefficient (Wildman–Crippen LogP) is 3.28. The number of benzene rings is 1. The first-order valence-corrected chi connectivity index (χ1v) is 8.11. The fourth-order valence-electron chi connectivity index (χ4n) is 3.15. The van der Waals surface area contributed by atoms with Gasteiger partial charge >= 0.3 is 0 Å². The summed E-state index contributed by atoms with van der Waals surface area (Å²) >= 11 is 0. The summed E-state index contributed by atoms with van der Waals surface area (Å²) in [7, 11) is 0. The maximum absolute atomic E-state index is 5.97. The first kappa shape index (κ1) is 15.3. The van der Waals surface area contributed by atoms with Crippen molar-refractivity contribution in [2.45, 2.75) is 39.3 Å². The first-order chi connectivity index (χ1) is 10.7. The monoisotopic (exact) mass is 299 g/mol. The van der Waals surface area contributed by atoms with Gasteiger partial charge in [0.25, 0.3) is 0 Å². The Labute approximate surface area is 132 Å². The van der Waals surface area contributed by atoms with Crippen molar-refractivity contribution in [3.63, 3.8) is 0 Å². The van der Waals surface area contributed by atoms with Crippen LogP contribution in [0.4, 0.5) is 0 Å². The number of nitrogens with zero attached hydrogens (tertiary/aromatic N) is 1. The molecule has 1 aromatic heterocycles. The molecular formula is C18H25N3O. The van der Waals surface area contributed by atoms with Crippen LogP contribution in [-0.2, 0) is 11.3 Å². The number of aromatic amines is 1. The Kier molecular flexibility index (Phi) is 4.90. The number of rotatable bonds is 5. The van der Waals surface area contributed by atoms with Crippen molar-refractivity contribution in [2.24, 2.45) is 5.92 Å². The number of aromatic nitrogens is 2. The van der Waals surface area contributed by atoms with E-state index in [1.54, 1.807) is 0 Å². The van der Waals surface area contributed by atoms with Crippen molar-refractivity contribution < 1.29 is 4.74 Å². The van der Waals surface area contributed by atoms with E-state index in [0.717, 1.165) is 31.7 Å². The molecule has 1 aromatic carbocycles. The summed E-state index contributed by atoms with van der Waals surface area (Å²) in [6.07, 6.45) is 6.35. The van der Waals surface area contributed by atoms with E-state index in [4.69, 9.17) is 4.74 Å². The lowest BCUT2D eigenvalue weighted by atomic mass is 9.91. The topological polar surface area (TPSA) is 49.9 Å². The van der Waals surface area contributed by atoms with Crippen LogP contribution in [0.15, 0.2) is 30.6 Å². The van der Waals surface area contributed by atoms with Crippen LogP contribution in [0.5, 0.6) is 0 Å². The summed E-state index contributed by atoms with van der Waals surface area (Å²) in [5.74, 6) is 0.512. The highest BCUT2D eigenvalue weighted by Crippen LogP contribution is 2.32. The fraction of sp³-hybridized carbons (Fsp3) is 0.500. The average Bonchev–Trinajstić information content (AvgIpc) is 3.05. The molecule has 0 saturated carbocycles. The van der Waals surface area contributed by atoms with Crippen molar-refractivity contribution in [3.8, 4) is 0 Å². The number of H-pyrrole nitrogens is 1. The maximum atomic E-state index is 5.97. The predicted molar refractivity (Wildman–Crippen MR) is 87.6 cm³/mol. The Balaban J connectivity index is 1.56. The summed E-state index contributed by atoms with van der Waals surface area (Å²) in [4.78, 5) is 0. The highest BCUT2D eigenvalue weighted by atomic mass is 16.5. The lowest BCUT2D eigenvalue weighted by molar-refractivity contribution is -0.0278. The zero-order valence-electron chi connectivity index (χ0n) is 13.4. The van der Waals surface area contributed by atoms with E-state index in [1.807, 2.05) is 12.4 Å². The fourth-order valence-corrected chi connectivity index (χ4v) is 3.15. The first-order valence-electron chi connectivity index (χ1n) is 8.11. The van der Waals surface area contributed by atoms with E-state index < -0.39 is 0 Å². The lowest BCUT2D eigenvalue weighted by Crippen LogP contribution is -2.31. The summed E-state index contributed by atoms with van der Waals surface area (Å²) in [5.41, 5.74) is 5.22. The molecule has 22 heavy (non-hydrogen) atoms. The number of aryl methyl sites for hydroxylation is 2. The maximum Gasteiger partial charge on any atom is 0.0895 e. The second kappa shape index (κ2) is 7.07. The van der Waals surface area contributed by atoms with Crippen LogP contribution in [0.3, 0.4) is 0 Å². The smallest absolute Gasteiger partial charge is 0.0895 e. The average molecular weight is 299 g/mol. The van der Waals surface area contributed by atoms with Crippen LogP contribution in [0, 0.1) is 19.8 Å². The summed E-state index contributed by atoms with van der Waals surface area (Å²) in [5, 5.41) is 10.5. The highest BCUT2D eigenvalue weighted by molar-refractivity contribution is 5.29. The van der Waals surface area contributed by atoms with Gasteiger partial charge < -0.3 is 10.1 Å². The van der Waals surface area contributed by atoms with Gasteiger partial charge in [-0.1, -0.05) is 18.2 Å². The molecule has 1 fully saturated rings. The van der Waals surface area contributed by atoms with Gasteiger partial charge in [0.2, 0.25) is 0 Å². The van der Waals surface area contributed by atoms with E-state index in [9.17, 15) is 0 Å². The van der Waals surface area contributed by atoms with E-state index >= 15 is 0 Å². The van der Waals surface area contributed by atoms with E-state index in [2.05, 4.69) is 47.6 Å². The Morgan fingerprint density at radius 1 is 1.32 bits per heavy atom. The van der Waals surface area contributed by atoms with E-state index in [1.165, 1.54) is 23.1 Å². The third-order valence-electron chi connectivity index (χ3n) is 4.60. The van der Waals surface area contributed by atoms with Crippen molar-refractivity contribution in [1.29, 1.82) is 0 Å². The zero-order chi connectivity index (χ0) is 15.4. The molecule has 1 saturated heterocycles. The number of hydrogen-bond donors (Lipinski definition) is 2. The molecule has 0 radical (unpaired) electrons. The normalized spacial score (nSPS) is 21.9. The van der Waals surface area contributed by atoms with Crippen molar-refractivity contribution in [1.82, 2.24) is 15.5 Å². The Bertz CT molecular complexity index is 594. The Hall–Kier alpha value is -1.65. The van der Waals surface area contributed by atoms with Gasteiger partial charge in [0.15, 0.2) is 0 Å². The molecule has 0 amide bonds. The van der Waals surface area contributed by atoms with Crippen LogP contribution >= 0.6 is 0 Å². The van der Waals surface area contributed by atoms with Gasteiger partial charge in [0.05, 0.1) is 12.3 Å². The van der Waals surface area contributed by atoms with Gasteiger partial charge in [-0.15, -0.1) is 0 Å². The second-order valence-electron chi connectivity index (χ2n) is 6.27. The third kappa shape index (κ3) is 3.57. The van der Waals surface area contributed by atoms with Gasteiger partial charge in [-0.3, -0.25) is 5.10 Å². The van der Waals surface area contributed by atoms with Crippen LogP contribution in [0.25, 0.3) is 0 Å². The molecule has 2 atom stereocenters. The molecule has 2 N–H and O–H groups in total. The lowest BCUT2D eigenvalue weighted by Gasteiger charge is -2.31. The van der Waals surface area contributed by atoms with Crippen molar-refractivity contribution in [3.05, 3.63) is 52.8 Å². The number of nitrogens with one attached hydrogen (secondary N) is 2. The van der Waals surface area contributed by atoms with E-state index in [-0.39, 0.29) is 6.10 Å². The van der Waals surface area contributed by atoms with Gasteiger partial charge in [-0.25, -0.2) is 0 Å². The van der Waals surface area contributed by atoms with Crippen LogP contribution in [0.2, 0.25) is 0 Å². The van der Waals surface area contributed by atoms with Crippen LogP contribution < -0.4 is 5.32 Å². The molecule has 0 spiro atoms. The van der Waals surface area contributed by atoms with Gasteiger partial charge in [0.1, 0.15) is 0 Å². The third-order valence-corrected chi connectivity index (χ3v) is 4.60. The SMILES string of the molecule is Cc1ccc(CNC[C@@H]2CCCO[C@H]2c2cn[nH]c2)cc1C. The molecule has 1 aliphatic rings. The van der Waals surface area contributed by atoms with Gasteiger partial charge in [-0.2, -0.15) is 5.10 Å². The van der Waals surface area contributed by atoms with E-state index in [0.29, 0.717) is 5.92 Å². The number of ether oxygens (including phenoxy) is 1. The molecule has 118 valence electrons. The summed E-state index contributed by atoms with van der Waals surface area (Å²) < 4.78 is 5.97. The second-order valence-corrected chi connectivity index (χ2v) is 6.27. The molecule has 4 nitrogen and oxygen atoms in total. The molecule has 0 aliphatic carbocycles.